The Morgan fingerprint density at radius 3 is 2.71 bits per heavy atom. The van der Waals surface area contributed by atoms with Crippen molar-refractivity contribution in [1.29, 1.82) is 0 Å². The van der Waals surface area contributed by atoms with Crippen LogP contribution in [0, 0.1) is 5.92 Å². The van der Waals surface area contributed by atoms with Crippen LogP contribution in [0.5, 0.6) is 5.75 Å². The predicted octanol–water partition coefficient (Wildman–Crippen LogP) is 3.89. The van der Waals surface area contributed by atoms with Crippen molar-refractivity contribution < 1.29 is 14.3 Å². The number of para-hydroxylation sites is 1. The van der Waals surface area contributed by atoms with Gasteiger partial charge in [-0.25, -0.2) is 4.99 Å². The van der Waals surface area contributed by atoms with E-state index >= 15 is 0 Å². The summed E-state index contributed by atoms with van der Waals surface area (Å²) in [5, 5.41) is 3.20. The molecule has 2 aliphatic heterocycles. The molecule has 0 bridgehead atoms. The fourth-order valence-electron chi connectivity index (χ4n) is 5.41. The standard InChI is InChI=1S/C27H32N4O3/c1-4-27(5-2)14-23(32)31(26(28)30-27)21-13-17-10-11-18(12-20(17)21)25(33)29-24-16(3)15-34-22-9-7-6-8-19(22)24/h6-12,16,21,24H,4-5,13-15H2,1-3H3,(H2,28,30)(H,29,33). The molecule has 7 heteroatoms. The van der Waals surface area contributed by atoms with E-state index in [1.54, 1.807) is 4.90 Å². The molecule has 0 radical (unpaired) electrons. The zero-order chi connectivity index (χ0) is 24.0. The first-order valence-electron chi connectivity index (χ1n) is 12.2. The van der Waals surface area contributed by atoms with Crippen LogP contribution in [-0.4, -0.2) is 34.8 Å². The number of aliphatic imine (C=N–C) groups is 1. The van der Waals surface area contributed by atoms with Crippen molar-refractivity contribution in [2.75, 3.05) is 6.61 Å². The average molecular weight is 461 g/mol. The van der Waals surface area contributed by atoms with E-state index in [0.29, 0.717) is 18.6 Å². The molecule has 7 nitrogen and oxygen atoms in total. The molecule has 3 aliphatic rings. The maximum Gasteiger partial charge on any atom is 0.251 e. The van der Waals surface area contributed by atoms with Crippen LogP contribution in [0.1, 0.15) is 79.2 Å². The van der Waals surface area contributed by atoms with Crippen molar-refractivity contribution in [3.8, 4) is 5.75 Å². The summed E-state index contributed by atoms with van der Waals surface area (Å²) in [6.45, 7) is 6.72. The van der Waals surface area contributed by atoms with E-state index in [1.165, 1.54) is 0 Å². The predicted molar refractivity (Wildman–Crippen MR) is 131 cm³/mol. The van der Waals surface area contributed by atoms with Gasteiger partial charge in [0.2, 0.25) is 5.91 Å². The van der Waals surface area contributed by atoms with Gasteiger partial charge in [0, 0.05) is 17.0 Å². The first-order valence-corrected chi connectivity index (χ1v) is 12.2. The number of hydrogen-bond acceptors (Lipinski definition) is 5. The third-order valence-corrected chi connectivity index (χ3v) is 7.77. The molecule has 34 heavy (non-hydrogen) atoms. The molecular formula is C27H32N4O3. The number of carbonyl (C=O) groups excluding carboxylic acids is 2. The van der Waals surface area contributed by atoms with Gasteiger partial charge in [-0.2, -0.15) is 0 Å². The molecule has 0 aromatic heterocycles. The molecule has 1 aliphatic carbocycles. The molecule has 3 unspecified atom stereocenters. The van der Waals surface area contributed by atoms with Gasteiger partial charge in [0.25, 0.3) is 5.91 Å². The van der Waals surface area contributed by atoms with Crippen LogP contribution in [0.25, 0.3) is 0 Å². The Bertz CT molecular complexity index is 1170. The van der Waals surface area contributed by atoms with Crippen molar-refractivity contribution in [2.24, 2.45) is 16.6 Å². The summed E-state index contributed by atoms with van der Waals surface area (Å²) in [7, 11) is 0. The highest BCUT2D eigenvalue weighted by atomic mass is 16.5. The van der Waals surface area contributed by atoms with Gasteiger partial charge in [0.05, 0.1) is 30.7 Å². The summed E-state index contributed by atoms with van der Waals surface area (Å²) in [4.78, 5) is 32.7. The zero-order valence-corrected chi connectivity index (χ0v) is 20.0. The maximum atomic E-state index is 13.2. The molecule has 0 fully saturated rings. The summed E-state index contributed by atoms with van der Waals surface area (Å²) in [6.07, 6.45) is 2.65. The molecule has 5 rings (SSSR count). The maximum absolute atomic E-state index is 13.2. The summed E-state index contributed by atoms with van der Waals surface area (Å²) >= 11 is 0. The summed E-state index contributed by atoms with van der Waals surface area (Å²) in [5.41, 5.74) is 9.59. The molecule has 178 valence electrons. The van der Waals surface area contributed by atoms with E-state index in [2.05, 4.69) is 12.2 Å². The second kappa shape index (κ2) is 8.46. The van der Waals surface area contributed by atoms with Crippen molar-refractivity contribution in [2.45, 2.75) is 64.1 Å². The van der Waals surface area contributed by atoms with Gasteiger partial charge in [0.1, 0.15) is 5.75 Å². The van der Waals surface area contributed by atoms with E-state index < -0.39 is 5.54 Å². The highest BCUT2D eigenvalue weighted by Gasteiger charge is 2.43. The van der Waals surface area contributed by atoms with Crippen LogP contribution in [0.2, 0.25) is 0 Å². The normalized spacial score (nSPS) is 24.8. The van der Waals surface area contributed by atoms with Crippen LogP contribution < -0.4 is 15.8 Å². The number of ether oxygens (including phenoxy) is 1. The Balaban J connectivity index is 1.38. The molecule has 3 N–H and O–H groups in total. The van der Waals surface area contributed by atoms with Crippen LogP contribution >= 0.6 is 0 Å². The average Bonchev–Trinajstić information content (AvgIpc) is 2.83. The number of nitrogens with two attached hydrogens (primary N) is 1. The number of guanidine groups is 1. The lowest BCUT2D eigenvalue weighted by atomic mass is 9.79. The van der Waals surface area contributed by atoms with Crippen LogP contribution in [-0.2, 0) is 11.2 Å². The molecule has 2 heterocycles. The zero-order valence-electron chi connectivity index (χ0n) is 20.0. The van der Waals surface area contributed by atoms with Gasteiger partial charge in [-0.15, -0.1) is 0 Å². The lowest BCUT2D eigenvalue weighted by Crippen LogP contribution is -2.54. The highest BCUT2D eigenvalue weighted by Crippen LogP contribution is 2.42. The number of nitrogens with one attached hydrogen (secondary N) is 1. The molecule has 0 saturated carbocycles. The Labute approximate surface area is 200 Å². The highest BCUT2D eigenvalue weighted by molar-refractivity contribution is 6.00. The topological polar surface area (TPSA) is 97.0 Å². The fraction of sp³-hybridized carbons (Fsp3) is 0.444. The van der Waals surface area contributed by atoms with Crippen molar-refractivity contribution >= 4 is 17.8 Å². The second-order valence-corrected chi connectivity index (χ2v) is 9.75. The number of carbonyl (C=O) groups is 2. The minimum Gasteiger partial charge on any atom is -0.493 e. The molecule has 2 amide bonds. The number of benzene rings is 2. The largest absolute Gasteiger partial charge is 0.493 e. The van der Waals surface area contributed by atoms with Crippen molar-refractivity contribution in [3.63, 3.8) is 0 Å². The van der Waals surface area contributed by atoms with Gasteiger partial charge in [-0.3, -0.25) is 14.5 Å². The number of fused-ring (bicyclic) bond motifs is 2. The van der Waals surface area contributed by atoms with Crippen molar-refractivity contribution in [3.05, 3.63) is 64.7 Å². The first-order chi connectivity index (χ1) is 16.4. The smallest absolute Gasteiger partial charge is 0.251 e. The molecular weight excluding hydrogens is 428 g/mol. The van der Waals surface area contributed by atoms with Gasteiger partial charge in [0.15, 0.2) is 5.96 Å². The molecule has 3 atom stereocenters. The number of amides is 2. The third-order valence-electron chi connectivity index (χ3n) is 7.77. The number of nitrogens with zero attached hydrogens (tertiary/aromatic N) is 2. The second-order valence-electron chi connectivity index (χ2n) is 9.75. The summed E-state index contributed by atoms with van der Waals surface area (Å²) in [5.74, 6) is 1.13. The van der Waals surface area contributed by atoms with E-state index in [4.69, 9.17) is 15.5 Å². The Kier molecular flexibility index (Phi) is 5.58. The van der Waals surface area contributed by atoms with Crippen molar-refractivity contribution in [1.82, 2.24) is 10.2 Å². The SMILES string of the molecule is CCC1(CC)CC(=O)N(C2Cc3ccc(C(=O)NC4c5ccccc5OCC4C)cc32)C(N)=N1. The monoisotopic (exact) mass is 460 g/mol. The first kappa shape index (κ1) is 22.4. The van der Waals surface area contributed by atoms with E-state index in [-0.39, 0.29) is 35.8 Å². The van der Waals surface area contributed by atoms with Gasteiger partial charge >= 0.3 is 0 Å². The van der Waals surface area contributed by atoms with Gasteiger partial charge < -0.3 is 15.8 Å². The minimum atomic E-state index is -0.400. The van der Waals surface area contributed by atoms with E-state index in [0.717, 1.165) is 41.7 Å². The quantitative estimate of drug-likeness (QED) is 0.707. The van der Waals surface area contributed by atoms with Crippen LogP contribution in [0.15, 0.2) is 47.5 Å². The Morgan fingerprint density at radius 1 is 1.21 bits per heavy atom. The van der Waals surface area contributed by atoms with Crippen LogP contribution in [0.4, 0.5) is 0 Å². The number of hydrogen-bond donors (Lipinski definition) is 2. The minimum absolute atomic E-state index is 0.00865. The fourth-order valence-corrected chi connectivity index (χ4v) is 5.41. The van der Waals surface area contributed by atoms with E-state index in [9.17, 15) is 9.59 Å². The summed E-state index contributed by atoms with van der Waals surface area (Å²) in [6, 6.07) is 13.3. The molecule has 0 spiro atoms. The molecule has 2 aromatic carbocycles. The lowest BCUT2D eigenvalue weighted by Gasteiger charge is -2.44. The van der Waals surface area contributed by atoms with Gasteiger partial charge in [-0.05, 0) is 48.6 Å². The Morgan fingerprint density at radius 2 is 1.97 bits per heavy atom. The molecule has 2 aromatic rings. The van der Waals surface area contributed by atoms with E-state index in [1.807, 2.05) is 56.3 Å². The molecule has 0 saturated heterocycles. The van der Waals surface area contributed by atoms with Crippen LogP contribution in [0.3, 0.4) is 0 Å². The number of rotatable bonds is 5. The third kappa shape index (κ3) is 3.63. The lowest BCUT2D eigenvalue weighted by molar-refractivity contribution is -0.132. The Hall–Kier alpha value is -3.35. The summed E-state index contributed by atoms with van der Waals surface area (Å²) < 4.78 is 5.82. The van der Waals surface area contributed by atoms with Gasteiger partial charge in [-0.1, -0.05) is 45.0 Å².